The Bertz CT molecular complexity index is 1270. The number of rotatable bonds is 4. The van der Waals surface area contributed by atoms with Crippen LogP contribution in [0.2, 0.25) is 0 Å². The molecule has 6 heteroatoms. The summed E-state index contributed by atoms with van der Waals surface area (Å²) in [5, 5.41) is 10.3. The van der Waals surface area contributed by atoms with Crippen molar-refractivity contribution in [1.82, 2.24) is 4.98 Å². The molecule has 5 nitrogen and oxygen atoms in total. The quantitative estimate of drug-likeness (QED) is 0.320. The number of aromatic hydroxyl groups is 1. The molecule has 1 aromatic heterocycles. The molecule has 0 saturated carbocycles. The molecule has 0 bridgehead atoms. The molecule has 4 rings (SSSR count). The summed E-state index contributed by atoms with van der Waals surface area (Å²) in [7, 11) is 1.51. The van der Waals surface area contributed by atoms with Gasteiger partial charge in [-0.15, -0.1) is 0 Å². The number of hydrogen-bond donors (Lipinski definition) is 1. The molecule has 1 heterocycles. The van der Waals surface area contributed by atoms with Gasteiger partial charge in [0.1, 0.15) is 5.52 Å². The molecule has 0 aliphatic heterocycles. The van der Waals surface area contributed by atoms with Crippen LogP contribution in [-0.4, -0.2) is 23.4 Å². The van der Waals surface area contributed by atoms with E-state index in [0.29, 0.717) is 17.2 Å². The van der Waals surface area contributed by atoms with E-state index >= 15 is 0 Å². The fourth-order valence-electron chi connectivity index (χ4n) is 3.20. The maximum atomic E-state index is 10.3. The molecule has 31 heavy (non-hydrogen) atoms. The van der Waals surface area contributed by atoms with E-state index in [1.807, 2.05) is 30.3 Å². The average molecular weight is 479 g/mol. The standard InChI is InChI=1S/C25H23BrN2O3/c1-25(2,3)17-7-10-21-20(12-17)28-24(31-21)15-5-8-19(9-6-15)27-14-16-11-18(26)13-22(30-4)23(16)29/h5-14,29H,1-4H3. The van der Waals surface area contributed by atoms with Crippen molar-refractivity contribution in [2.75, 3.05) is 7.11 Å². The number of ether oxygens (including phenoxy) is 1. The molecule has 3 aromatic carbocycles. The molecule has 0 amide bonds. The summed E-state index contributed by atoms with van der Waals surface area (Å²) in [6.45, 7) is 6.54. The Hall–Kier alpha value is -3.12. The Labute approximate surface area is 189 Å². The van der Waals surface area contributed by atoms with Gasteiger partial charge in [0, 0.05) is 21.8 Å². The van der Waals surface area contributed by atoms with Gasteiger partial charge in [0.25, 0.3) is 0 Å². The molecular formula is C25H23BrN2O3. The summed E-state index contributed by atoms with van der Waals surface area (Å²) in [4.78, 5) is 9.12. The summed E-state index contributed by atoms with van der Waals surface area (Å²) >= 11 is 3.41. The van der Waals surface area contributed by atoms with E-state index in [2.05, 4.69) is 58.8 Å². The molecule has 0 aliphatic carbocycles. The number of benzene rings is 3. The smallest absolute Gasteiger partial charge is 0.227 e. The normalized spacial score (nSPS) is 12.0. The minimum atomic E-state index is 0.0483. The number of fused-ring (bicyclic) bond motifs is 1. The number of aliphatic imine (C=N–C) groups is 1. The number of aromatic nitrogens is 1. The van der Waals surface area contributed by atoms with Crippen LogP contribution in [-0.2, 0) is 5.41 Å². The second-order valence-electron chi connectivity index (χ2n) is 8.30. The maximum absolute atomic E-state index is 10.3. The van der Waals surface area contributed by atoms with Gasteiger partial charge in [-0.05, 0) is 59.5 Å². The van der Waals surface area contributed by atoms with Crippen molar-refractivity contribution < 1.29 is 14.3 Å². The maximum Gasteiger partial charge on any atom is 0.227 e. The van der Waals surface area contributed by atoms with E-state index in [0.717, 1.165) is 26.8 Å². The number of methoxy groups -OCH3 is 1. The van der Waals surface area contributed by atoms with E-state index in [9.17, 15) is 5.11 Å². The van der Waals surface area contributed by atoms with Gasteiger partial charge < -0.3 is 14.3 Å². The second kappa shape index (κ2) is 8.19. The van der Waals surface area contributed by atoms with Crippen molar-refractivity contribution in [3.8, 4) is 23.0 Å². The predicted octanol–water partition coefficient (Wildman–Crippen LogP) is 7.02. The van der Waals surface area contributed by atoms with Crippen molar-refractivity contribution in [2.45, 2.75) is 26.2 Å². The Morgan fingerprint density at radius 3 is 2.48 bits per heavy atom. The van der Waals surface area contributed by atoms with Gasteiger partial charge in [0.15, 0.2) is 17.1 Å². The van der Waals surface area contributed by atoms with E-state index in [1.165, 1.54) is 12.7 Å². The molecule has 0 radical (unpaired) electrons. The fraction of sp³-hybridized carbons (Fsp3) is 0.200. The molecule has 0 saturated heterocycles. The van der Waals surface area contributed by atoms with E-state index in [1.54, 1.807) is 18.3 Å². The lowest BCUT2D eigenvalue weighted by Gasteiger charge is -2.18. The molecule has 158 valence electrons. The van der Waals surface area contributed by atoms with Gasteiger partial charge in [-0.25, -0.2) is 4.98 Å². The van der Waals surface area contributed by atoms with Gasteiger partial charge in [-0.1, -0.05) is 42.8 Å². The highest BCUT2D eigenvalue weighted by Gasteiger charge is 2.16. The third-order valence-electron chi connectivity index (χ3n) is 5.01. The second-order valence-corrected chi connectivity index (χ2v) is 9.22. The van der Waals surface area contributed by atoms with Crippen molar-refractivity contribution in [3.63, 3.8) is 0 Å². The molecule has 4 aromatic rings. The van der Waals surface area contributed by atoms with Crippen molar-refractivity contribution in [3.05, 3.63) is 70.2 Å². The lowest BCUT2D eigenvalue weighted by molar-refractivity contribution is 0.373. The van der Waals surface area contributed by atoms with Crippen LogP contribution in [0, 0.1) is 0 Å². The highest BCUT2D eigenvalue weighted by Crippen LogP contribution is 2.33. The van der Waals surface area contributed by atoms with Crippen molar-refractivity contribution in [2.24, 2.45) is 4.99 Å². The SMILES string of the molecule is COc1cc(Br)cc(C=Nc2ccc(-c3nc4cc(C(C)(C)C)ccc4o3)cc2)c1O. The Kier molecular flexibility index (Phi) is 5.58. The van der Waals surface area contributed by atoms with Gasteiger partial charge in [-0.3, -0.25) is 4.99 Å². The number of phenolic OH excluding ortho intramolecular Hbond substituents is 1. The van der Waals surface area contributed by atoms with Gasteiger partial charge in [0.2, 0.25) is 5.89 Å². The van der Waals surface area contributed by atoms with Crippen LogP contribution in [0.5, 0.6) is 11.5 Å². The summed E-state index contributed by atoms with van der Waals surface area (Å²) in [5.41, 5.74) is 5.07. The zero-order valence-corrected chi connectivity index (χ0v) is 19.4. The van der Waals surface area contributed by atoms with E-state index < -0.39 is 0 Å². The molecule has 0 unspecified atom stereocenters. The highest BCUT2D eigenvalue weighted by atomic mass is 79.9. The summed E-state index contributed by atoms with van der Waals surface area (Å²) in [6.07, 6.45) is 1.60. The molecule has 0 spiro atoms. The zero-order valence-electron chi connectivity index (χ0n) is 17.8. The predicted molar refractivity (Wildman–Crippen MR) is 128 cm³/mol. The van der Waals surface area contributed by atoms with Crippen LogP contribution in [0.3, 0.4) is 0 Å². The Morgan fingerprint density at radius 1 is 1.06 bits per heavy atom. The fourth-order valence-corrected chi connectivity index (χ4v) is 3.65. The lowest BCUT2D eigenvalue weighted by atomic mass is 9.87. The summed E-state index contributed by atoms with van der Waals surface area (Å²) in [6, 6.07) is 17.2. The first-order valence-corrected chi connectivity index (χ1v) is 10.7. The molecule has 0 aliphatic rings. The van der Waals surface area contributed by atoms with Gasteiger partial charge in [-0.2, -0.15) is 0 Å². The molecule has 0 atom stereocenters. The van der Waals surface area contributed by atoms with Crippen LogP contribution in [0.15, 0.2) is 68.5 Å². The summed E-state index contributed by atoms with van der Waals surface area (Å²) in [5.74, 6) is 1.01. The Balaban J connectivity index is 1.59. The van der Waals surface area contributed by atoms with E-state index in [4.69, 9.17) is 9.15 Å². The minimum absolute atomic E-state index is 0.0483. The first-order valence-electron chi connectivity index (χ1n) is 9.87. The number of oxazole rings is 1. The zero-order chi connectivity index (χ0) is 22.2. The van der Waals surface area contributed by atoms with Crippen LogP contribution in [0.25, 0.3) is 22.6 Å². The van der Waals surface area contributed by atoms with Gasteiger partial charge >= 0.3 is 0 Å². The first-order chi connectivity index (χ1) is 14.7. The first kappa shape index (κ1) is 21.1. The van der Waals surface area contributed by atoms with Gasteiger partial charge in [0.05, 0.1) is 12.8 Å². The highest BCUT2D eigenvalue weighted by molar-refractivity contribution is 9.10. The number of phenols is 1. The Morgan fingerprint density at radius 2 is 1.81 bits per heavy atom. The van der Waals surface area contributed by atoms with Crippen LogP contribution in [0.1, 0.15) is 31.9 Å². The third kappa shape index (κ3) is 4.49. The van der Waals surface area contributed by atoms with Crippen LogP contribution in [0.4, 0.5) is 5.69 Å². The average Bonchev–Trinajstić information content (AvgIpc) is 3.17. The number of halogens is 1. The molecular weight excluding hydrogens is 456 g/mol. The number of hydrogen-bond acceptors (Lipinski definition) is 5. The number of nitrogens with zero attached hydrogens (tertiary/aromatic N) is 2. The third-order valence-corrected chi connectivity index (χ3v) is 5.47. The van der Waals surface area contributed by atoms with E-state index in [-0.39, 0.29) is 11.2 Å². The van der Waals surface area contributed by atoms with Crippen LogP contribution < -0.4 is 4.74 Å². The topological polar surface area (TPSA) is 67.9 Å². The van der Waals surface area contributed by atoms with Crippen LogP contribution >= 0.6 is 15.9 Å². The van der Waals surface area contributed by atoms with Crippen molar-refractivity contribution >= 4 is 38.9 Å². The minimum Gasteiger partial charge on any atom is -0.504 e. The largest absolute Gasteiger partial charge is 0.504 e. The molecule has 0 fully saturated rings. The molecule has 1 N–H and O–H groups in total. The summed E-state index contributed by atoms with van der Waals surface area (Å²) < 4.78 is 11.9. The lowest BCUT2D eigenvalue weighted by Crippen LogP contribution is -2.10. The monoisotopic (exact) mass is 478 g/mol. The van der Waals surface area contributed by atoms with Crippen molar-refractivity contribution in [1.29, 1.82) is 0 Å².